The first-order chi connectivity index (χ1) is 8.74. The molecule has 100 valence electrons. The van der Waals surface area contributed by atoms with Crippen LogP contribution in [0, 0.1) is 5.92 Å². The minimum absolute atomic E-state index is 0.0969. The maximum Gasteiger partial charge on any atom is 0.293 e. The number of nitrogens with zero attached hydrogens (tertiary/aromatic N) is 3. The van der Waals surface area contributed by atoms with Crippen LogP contribution in [-0.4, -0.2) is 52.3 Å². The van der Waals surface area contributed by atoms with Gasteiger partial charge in [-0.25, -0.2) is 4.98 Å². The molecule has 2 rings (SSSR count). The van der Waals surface area contributed by atoms with Crippen LogP contribution < -0.4 is 0 Å². The summed E-state index contributed by atoms with van der Waals surface area (Å²) in [6.07, 6.45) is 1.78. The number of nitrogens with one attached hydrogen (secondary N) is 1. The van der Waals surface area contributed by atoms with Gasteiger partial charge in [-0.15, -0.1) is 5.10 Å². The molecular weight excluding hydrogens is 232 g/mol. The Bertz CT molecular complexity index is 399. The Labute approximate surface area is 107 Å². The standard InChI is InChI=1S/C12H20N4O2/c1-3-10-13-11(15-14-10)12(17)16(4-2)7-9-5-6-18-8-9/h9H,3-8H2,1-2H3,(H,13,14,15). The summed E-state index contributed by atoms with van der Waals surface area (Å²) in [4.78, 5) is 18.2. The lowest BCUT2D eigenvalue weighted by Gasteiger charge is -2.22. The van der Waals surface area contributed by atoms with E-state index >= 15 is 0 Å². The van der Waals surface area contributed by atoms with Crippen molar-refractivity contribution < 1.29 is 9.53 Å². The maximum absolute atomic E-state index is 12.2. The largest absolute Gasteiger partial charge is 0.381 e. The molecule has 2 heterocycles. The zero-order valence-corrected chi connectivity index (χ0v) is 11.0. The lowest BCUT2D eigenvalue weighted by molar-refractivity contribution is 0.0719. The summed E-state index contributed by atoms with van der Waals surface area (Å²) in [6.45, 7) is 6.90. The van der Waals surface area contributed by atoms with Gasteiger partial charge < -0.3 is 9.64 Å². The van der Waals surface area contributed by atoms with Crippen molar-refractivity contribution in [1.29, 1.82) is 0 Å². The number of aromatic nitrogens is 3. The number of amides is 1. The fourth-order valence-electron chi connectivity index (χ4n) is 2.09. The monoisotopic (exact) mass is 252 g/mol. The highest BCUT2D eigenvalue weighted by molar-refractivity contribution is 5.90. The molecule has 1 N–H and O–H groups in total. The molecule has 18 heavy (non-hydrogen) atoms. The molecule has 1 aromatic rings. The normalized spacial score (nSPS) is 19.1. The fourth-order valence-corrected chi connectivity index (χ4v) is 2.09. The lowest BCUT2D eigenvalue weighted by Crippen LogP contribution is -2.36. The Balaban J connectivity index is 1.99. The van der Waals surface area contributed by atoms with Crippen LogP contribution in [0.5, 0.6) is 0 Å². The molecule has 0 spiro atoms. The third-order valence-corrected chi connectivity index (χ3v) is 3.23. The minimum atomic E-state index is -0.0969. The number of H-pyrrole nitrogens is 1. The minimum Gasteiger partial charge on any atom is -0.381 e. The number of carbonyl (C=O) groups is 1. The molecule has 1 aliphatic rings. The van der Waals surface area contributed by atoms with Crippen LogP contribution >= 0.6 is 0 Å². The molecule has 6 nitrogen and oxygen atoms in total. The summed E-state index contributed by atoms with van der Waals surface area (Å²) in [6, 6.07) is 0. The molecule has 0 aliphatic carbocycles. The van der Waals surface area contributed by atoms with E-state index in [0.717, 1.165) is 38.4 Å². The molecular formula is C12H20N4O2. The van der Waals surface area contributed by atoms with Gasteiger partial charge in [0.05, 0.1) is 6.61 Å². The van der Waals surface area contributed by atoms with Crippen LogP contribution in [-0.2, 0) is 11.2 Å². The Morgan fingerprint density at radius 2 is 2.39 bits per heavy atom. The Kier molecular flexibility index (Phi) is 4.30. The van der Waals surface area contributed by atoms with Crippen LogP contribution in [0.2, 0.25) is 0 Å². The van der Waals surface area contributed by atoms with Gasteiger partial charge in [0.25, 0.3) is 5.91 Å². The first kappa shape index (κ1) is 13.0. The Morgan fingerprint density at radius 1 is 1.56 bits per heavy atom. The van der Waals surface area contributed by atoms with Crippen LogP contribution in [0.25, 0.3) is 0 Å². The second kappa shape index (κ2) is 5.95. The highest BCUT2D eigenvalue weighted by atomic mass is 16.5. The maximum atomic E-state index is 12.2. The Morgan fingerprint density at radius 3 is 2.94 bits per heavy atom. The molecule has 0 radical (unpaired) electrons. The Hall–Kier alpha value is -1.43. The van der Waals surface area contributed by atoms with E-state index in [1.165, 1.54) is 0 Å². The van der Waals surface area contributed by atoms with E-state index in [9.17, 15) is 4.79 Å². The smallest absolute Gasteiger partial charge is 0.293 e. The van der Waals surface area contributed by atoms with E-state index in [1.54, 1.807) is 4.90 Å². The summed E-state index contributed by atoms with van der Waals surface area (Å²) in [7, 11) is 0. The van der Waals surface area contributed by atoms with Gasteiger partial charge in [0.2, 0.25) is 5.82 Å². The van der Waals surface area contributed by atoms with Crippen LogP contribution in [0.15, 0.2) is 0 Å². The average molecular weight is 252 g/mol. The third-order valence-electron chi connectivity index (χ3n) is 3.23. The van der Waals surface area contributed by atoms with Crippen molar-refractivity contribution in [3.63, 3.8) is 0 Å². The predicted octanol–water partition coefficient (Wildman–Crippen LogP) is 0.866. The molecule has 0 saturated carbocycles. The first-order valence-corrected chi connectivity index (χ1v) is 6.52. The quantitative estimate of drug-likeness (QED) is 0.844. The molecule has 1 fully saturated rings. The van der Waals surface area contributed by atoms with E-state index in [2.05, 4.69) is 15.2 Å². The zero-order chi connectivity index (χ0) is 13.0. The number of rotatable bonds is 5. The highest BCUT2D eigenvalue weighted by Crippen LogP contribution is 2.14. The molecule has 6 heteroatoms. The van der Waals surface area contributed by atoms with Gasteiger partial charge in [0, 0.05) is 32.0 Å². The van der Waals surface area contributed by atoms with Gasteiger partial charge in [-0.3, -0.25) is 9.89 Å². The van der Waals surface area contributed by atoms with E-state index in [-0.39, 0.29) is 11.7 Å². The zero-order valence-electron chi connectivity index (χ0n) is 11.0. The van der Waals surface area contributed by atoms with E-state index in [0.29, 0.717) is 12.5 Å². The summed E-state index contributed by atoms with van der Waals surface area (Å²) in [5.74, 6) is 1.37. The van der Waals surface area contributed by atoms with Gasteiger partial charge in [-0.1, -0.05) is 6.92 Å². The van der Waals surface area contributed by atoms with Crippen molar-refractivity contribution >= 4 is 5.91 Å². The van der Waals surface area contributed by atoms with E-state index in [4.69, 9.17) is 4.74 Å². The molecule has 1 unspecified atom stereocenters. The topological polar surface area (TPSA) is 71.1 Å². The van der Waals surface area contributed by atoms with Crippen molar-refractivity contribution in [1.82, 2.24) is 20.1 Å². The molecule has 1 aliphatic heterocycles. The second-order valence-corrected chi connectivity index (χ2v) is 4.53. The van der Waals surface area contributed by atoms with Crippen LogP contribution in [0.4, 0.5) is 0 Å². The summed E-state index contributed by atoms with van der Waals surface area (Å²) in [5.41, 5.74) is 0. The number of carbonyl (C=O) groups excluding carboxylic acids is 1. The molecule has 1 saturated heterocycles. The van der Waals surface area contributed by atoms with Gasteiger partial charge in [0.15, 0.2) is 0 Å². The second-order valence-electron chi connectivity index (χ2n) is 4.53. The summed E-state index contributed by atoms with van der Waals surface area (Å²) in [5, 5.41) is 6.75. The van der Waals surface area contributed by atoms with E-state index < -0.39 is 0 Å². The van der Waals surface area contributed by atoms with Gasteiger partial charge >= 0.3 is 0 Å². The SMILES string of the molecule is CCc1nc(C(=O)N(CC)CC2CCOC2)n[nH]1. The number of ether oxygens (including phenoxy) is 1. The van der Waals surface area contributed by atoms with Crippen molar-refractivity contribution in [2.45, 2.75) is 26.7 Å². The van der Waals surface area contributed by atoms with Gasteiger partial charge in [-0.05, 0) is 13.3 Å². The number of hydrogen-bond acceptors (Lipinski definition) is 4. The molecule has 1 aromatic heterocycles. The summed E-state index contributed by atoms with van der Waals surface area (Å²) < 4.78 is 5.33. The molecule has 1 atom stereocenters. The van der Waals surface area contributed by atoms with Crippen molar-refractivity contribution in [3.05, 3.63) is 11.6 Å². The number of hydrogen-bond donors (Lipinski definition) is 1. The first-order valence-electron chi connectivity index (χ1n) is 6.52. The lowest BCUT2D eigenvalue weighted by atomic mass is 10.1. The number of aromatic amines is 1. The highest BCUT2D eigenvalue weighted by Gasteiger charge is 2.24. The average Bonchev–Trinajstić information content (AvgIpc) is 3.06. The molecule has 0 bridgehead atoms. The number of aryl methyl sites for hydroxylation is 1. The van der Waals surface area contributed by atoms with Crippen LogP contribution in [0.3, 0.4) is 0 Å². The van der Waals surface area contributed by atoms with Crippen molar-refractivity contribution in [2.75, 3.05) is 26.3 Å². The van der Waals surface area contributed by atoms with Gasteiger partial charge in [0.1, 0.15) is 5.82 Å². The molecule has 0 aromatic carbocycles. The molecule has 1 amide bonds. The van der Waals surface area contributed by atoms with Crippen LogP contribution in [0.1, 0.15) is 36.7 Å². The van der Waals surface area contributed by atoms with E-state index in [1.807, 2.05) is 13.8 Å². The van der Waals surface area contributed by atoms with Crippen molar-refractivity contribution in [2.24, 2.45) is 5.92 Å². The predicted molar refractivity (Wildman–Crippen MR) is 66.3 cm³/mol. The fraction of sp³-hybridized carbons (Fsp3) is 0.750. The van der Waals surface area contributed by atoms with Gasteiger partial charge in [-0.2, -0.15) is 0 Å². The third kappa shape index (κ3) is 2.87. The summed E-state index contributed by atoms with van der Waals surface area (Å²) >= 11 is 0. The van der Waals surface area contributed by atoms with Crippen molar-refractivity contribution in [3.8, 4) is 0 Å².